The molecule has 8 nitrogen and oxygen atoms in total. The van der Waals surface area contributed by atoms with Crippen LogP contribution in [0, 0.1) is 5.92 Å². The molecule has 1 aromatic carbocycles. The molecule has 0 spiro atoms. The number of carbonyl (C=O) groups is 1. The minimum Gasteiger partial charge on any atom is -0.368 e. The van der Waals surface area contributed by atoms with Crippen LogP contribution in [0.3, 0.4) is 0 Å². The third-order valence-electron chi connectivity index (χ3n) is 4.41. The van der Waals surface area contributed by atoms with Crippen LogP contribution in [-0.4, -0.2) is 50.4 Å². The first kappa shape index (κ1) is 18.0. The summed E-state index contributed by atoms with van der Waals surface area (Å²) in [5.41, 5.74) is 1.79. The molecule has 1 fully saturated rings. The van der Waals surface area contributed by atoms with Gasteiger partial charge in [-0.1, -0.05) is 42.5 Å². The van der Waals surface area contributed by atoms with Crippen molar-refractivity contribution in [3.8, 4) is 0 Å². The molecule has 1 atom stereocenters. The highest BCUT2D eigenvalue weighted by molar-refractivity contribution is 7.15. The van der Waals surface area contributed by atoms with Gasteiger partial charge in [-0.15, -0.1) is 15.3 Å². The molecule has 2 aromatic heterocycles. The lowest BCUT2D eigenvalue weighted by Crippen LogP contribution is -2.41. The topological polar surface area (TPSA) is 86.0 Å². The molecule has 3 aromatic rings. The molecule has 4 rings (SSSR count). The third kappa shape index (κ3) is 3.84. The summed E-state index contributed by atoms with van der Waals surface area (Å²) in [5.74, 6) is 0.303. The van der Waals surface area contributed by atoms with Gasteiger partial charge < -0.3 is 4.74 Å². The van der Waals surface area contributed by atoms with Crippen LogP contribution in [0.1, 0.15) is 31.7 Å². The van der Waals surface area contributed by atoms with Crippen LogP contribution in [0.15, 0.2) is 24.3 Å². The largest absolute Gasteiger partial charge is 0.368 e. The second kappa shape index (κ2) is 7.69. The molecule has 3 heterocycles. The summed E-state index contributed by atoms with van der Waals surface area (Å²) in [6.07, 6.45) is 1.33. The van der Waals surface area contributed by atoms with Crippen molar-refractivity contribution in [3.63, 3.8) is 0 Å². The number of hydrogen-bond acceptors (Lipinski definition) is 7. The van der Waals surface area contributed by atoms with E-state index in [1.54, 1.807) is 9.58 Å². The van der Waals surface area contributed by atoms with Gasteiger partial charge in [0.2, 0.25) is 5.13 Å². The molecule has 0 saturated carbocycles. The molecule has 1 aliphatic rings. The number of nitrogens with zero attached hydrogens (tertiary/aromatic N) is 6. The minimum absolute atomic E-state index is 0.0184. The van der Waals surface area contributed by atoms with Gasteiger partial charge in [0.1, 0.15) is 16.6 Å². The number of benzene rings is 1. The fraction of sp³-hybridized carbons (Fsp3) is 0.500. The first-order valence-electron chi connectivity index (χ1n) is 9.15. The highest BCUT2D eigenvalue weighted by Gasteiger charge is 2.31. The zero-order valence-corrected chi connectivity index (χ0v) is 16.2. The van der Waals surface area contributed by atoms with Crippen LogP contribution in [0.5, 0.6) is 0 Å². The molecule has 0 radical (unpaired) electrons. The lowest BCUT2D eigenvalue weighted by Gasteiger charge is -2.24. The van der Waals surface area contributed by atoms with Crippen molar-refractivity contribution in [2.24, 2.45) is 5.92 Å². The number of rotatable bonds is 6. The van der Waals surface area contributed by atoms with Crippen molar-refractivity contribution in [1.82, 2.24) is 25.2 Å². The molecule has 142 valence electrons. The summed E-state index contributed by atoms with van der Waals surface area (Å²) in [7, 11) is 0. The Labute approximate surface area is 161 Å². The van der Waals surface area contributed by atoms with Gasteiger partial charge in [-0.3, -0.25) is 9.69 Å². The molecule has 0 bridgehead atoms. The first-order chi connectivity index (χ1) is 13.1. The highest BCUT2D eigenvalue weighted by Crippen LogP contribution is 2.26. The second-order valence-electron chi connectivity index (χ2n) is 7.06. The number of anilines is 1. The van der Waals surface area contributed by atoms with E-state index in [1.807, 2.05) is 24.3 Å². The van der Waals surface area contributed by atoms with Gasteiger partial charge >= 0.3 is 0 Å². The summed E-state index contributed by atoms with van der Waals surface area (Å²) in [5, 5.41) is 18.3. The number of ether oxygens (including phenoxy) is 1. The van der Waals surface area contributed by atoms with E-state index >= 15 is 0 Å². The van der Waals surface area contributed by atoms with Gasteiger partial charge in [-0.2, -0.15) is 0 Å². The predicted octanol–water partition coefficient (Wildman–Crippen LogP) is 2.50. The summed E-state index contributed by atoms with van der Waals surface area (Å²) in [4.78, 5) is 14.6. The van der Waals surface area contributed by atoms with Crippen molar-refractivity contribution < 1.29 is 9.53 Å². The molecule has 9 heteroatoms. The van der Waals surface area contributed by atoms with E-state index in [0.717, 1.165) is 28.9 Å². The van der Waals surface area contributed by atoms with Crippen molar-refractivity contribution in [2.75, 3.05) is 18.1 Å². The molecule has 1 saturated heterocycles. The van der Waals surface area contributed by atoms with E-state index in [1.165, 1.54) is 11.3 Å². The van der Waals surface area contributed by atoms with Crippen LogP contribution < -0.4 is 4.90 Å². The fourth-order valence-corrected chi connectivity index (χ4v) is 3.99. The van der Waals surface area contributed by atoms with E-state index in [2.05, 4.69) is 34.4 Å². The molecule has 0 N–H and O–H groups in total. The Morgan fingerprint density at radius 1 is 1.33 bits per heavy atom. The Bertz CT molecular complexity index is 931. The van der Waals surface area contributed by atoms with E-state index < -0.39 is 0 Å². The SMILES string of the molecule is CC(C)CN(C(=O)[C@H]1CCCO1)c1nnc(Cn2nnc3ccccc32)s1. The Hall–Kier alpha value is -2.39. The maximum atomic E-state index is 12.9. The minimum atomic E-state index is -0.365. The molecular weight excluding hydrogens is 364 g/mol. The molecule has 0 unspecified atom stereocenters. The van der Waals surface area contributed by atoms with Crippen LogP contribution >= 0.6 is 11.3 Å². The zero-order chi connectivity index (χ0) is 18.8. The maximum Gasteiger partial charge on any atom is 0.257 e. The summed E-state index contributed by atoms with van der Waals surface area (Å²) >= 11 is 1.42. The van der Waals surface area contributed by atoms with E-state index in [0.29, 0.717) is 30.7 Å². The van der Waals surface area contributed by atoms with Crippen LogP contribution in [0.25, 0.3) is 11.0 Å². The van der Waals surface area contributed by atoms with Gasteiger partial charge in [0.25, 0.3) is 5.91 Å². The molecule has 27 heavy (non-hydrogen) atoms. The van der Waals surface area contributed by atoms with Gasteiger partial charge in [-0.05, 0) is 30.9 Å². The second-order valence-corrected chi connectivity index (χ2v) is 8.10. The number of hydrogen-bond donors (Lipinski definition) is 0. The highest BCUT2D eigenvalue weighted by atomic mass is 32.1. The summed E-state index contributed by atoms with van der Waals surface area (Å²) < 4.78 is 7.38. The van der Waals surface area contributed by atoms with E-state index in [9.17, 15) is 4.79 Å². The Kier molecular flexibility index (Phi) is 5.13. The van der Waals surface area contributed by atoms with Crippen LogP contribution in [0.2, 0.25) is 0 Å². The van der Waals surface area contributed by atoms with Crippen molar-refractivity contribution in [2.45, 2.75) is 39.3 Å². The van der Waals surface area contributed by atoms with E-state index in [-0.39, 0.29) is 12.0 Å². The summed E-state index contributed by atoms with van der Waals surface area (Å²) in [6, 6.07) is 7.79. The lowest BCUT2D eigenvalue weighted by atomic mass is 10.1. The van der Waals surface area contributed by atoms with E-state index in [4.69, 9.17) is 4.74 Å². The average molecular weight is 386 g/mol. The van der Waals surface area contributed by atoms with Gasteiger partial charge in [-0.25, -0.2) is 4.68 Å². The zero-order valence-electron chi connectivity index (χ0n) is 15.4. The summed E-state index contributed by atoms with van der Waals surface area (Å²) in [6.45, 7) is 5.88. The van der Waals surface area contributed by atoms with Crippen LogP contribution in [-0.2, 0) is 16.1 Å². The fourth-order valence-electron chi connectivity index (χ4n) is 3.15. The number of carbonyl (C=O) groups excluding carboxylic acids is 1. The quantitative estimate of drug-likeness (QED) is 0.647. The maximum absolute atomic E-state index is 12.9. The van der Waals surface area contributed by atoms with Gasteiger partial charge in [0, 0.05) is 13.2 Å². The number of aromatic nitrogens is 5. The third-order valence-corrected chi connectivity index (χ3v) is 5.34. The molecular formula is C18H22N6O2S. The number of fused-ring (bicyclic) bond motifs is 1. The van der Waals surface area contributed by atoms with Crippen molar-refractivity contribution >= 4 is 33.4 Å². The Morgan fingerprint density at radius 3 is 2.96 bits per heavy atom. The van der Waals surface area contributed by atoms with Crippen LogP contribution in [0.4, 0.5) is 5.13 Å². The first-order valence-corrected chi connectivity index (χ1v) is 9.97. The van der Waals surface area contributed by atoms with Crippen molar-refractivity contribution in [3.05, 3.63) is 29.3 Å². The smallest absolute Gasteiger partial charge is 0.257 e. The van der Waals surface area contributed by atoms with Gasteiger partial charge in [0.05, 0.1) is 12.1 Å². The normalized spacial score (nSPS) is 17.1. The number of amides is 1. The average Bonchev–Trinajstić information content (AvgIpc) is 3.41. The van der Waals surface area contributed by atoms with Gasteiger partial charge in [0.15, 0.2) is 0 Å². The molecule has 1 aliphatic heterocycles. The molecule has 1 amide bonds. The molecule has 0 aliphatic carbocycles. The number of para-hydroxylation sites is 1. The standard InChI is InChI=1S/C18H22N6O2S/c1-12(2)10-23(17(25)15-8-5-9-26-15)18-21-20-16(27-18)11-24-14-7-4-3-6-13(14)19-22-24/h3-4,6-7,12,15H,5,8-11H2,1-2H3/t15-/m1/s1. The van der Waals surface area contributed by atoms with Crippen molar-refractivity contribution in [1.29, 1.82) is 0 Å². The monoisotopic (exact) mass is 386 g/mol. The lowest BCUT2D eigenvalue weighted by molar-refractivity contribution is -0.127. The predicted molar refractivity (Wildman–Crippen MR) is 103 cm³/mol. The Balaban J connectivity index is 1.55. The Morgan fingerprint density at radius 2 is 2.19 bits per heavy atom.